The molecule has 0 amide bonds. The average molecular weight is 134 g/mol. The highest BCUT2D eigenvalue weighted by molar-refractivity contribution is 5.19. The van der Waals surface area contributed by atoms with E-state index in [1.54, 1.807) is 6.20 Å². The van der Waals surface area contributed by atoms with E-state index in [1.807, 2.05) is 0 Å². The van der Waals surface area contributed by atoms with Gasteiger partial charge < -0.3 is 0 Å². The van der Waals surface area contributed by atoms with E-state index in [0.29, 0.717) is 0 Å². The third-order valence-electron chi connectivity index (χ3n) is 2.00. The fourth-order valence-corrected chi connectivity index (χ4v) is 1.43. The molecule has 0 saturated heterocycles. The molecule has 0 fully saturated rings. The van der Waals surface area contributed by atoms with Gasteiger partial charge in [-0.2, -0.15) is 10.2 Å². The molecule has 0 unspecified atom stereocenters. The summed E-state index contributed by atoms with van der Waals surface area (Å²) in [4.78, 5) is 0. The summed E-state index contributed by atoms with van der Waals surface area (Å²) in [5.74, 6) is 0. The maximum Gasteiger partial charge on any atom is 0.0663 e. The molecular weight excluding hydrogens is 124 g/mol. The molecule has 1 heterocycles. The minimum absolute atomic E-state index is 1.13. The van der Waals surface area contributed by atoms with Gasteiger partial charge >= 0.3 is 0 Å². The van der Waals surface area contributed by atoms with Gasteiger partial charge in [0.25, 0.3) is 0 Å². The van der Waals surface area contributed by atoms with Gasteiger partial charge in [-0.05, 0) is 37.3 Å². The van der Waals surface area contributed by atoms with Crippen molar-refractivity contribution in [2.75, 3.05) is 0 Å². The van der Waals surface area contributed by atoms with Crippen LogP contribution in [0.25, 0.3) is 0 Å². The molecule has 2 nitrogen and oxygen atoms in total. The van der Waals surface area contributed by atoms with Crippen LogP contribution < -0.4 is 0 Å². The van der Waals surface area contributed by atoms with Crippen LogP contribution in [0.5, 0.6) is 0 Å². The largest absolute Gasteiger partial charge is 0.159 e. The summed E-state index contributed by atoms with van der Waals surface area (Å²) in [6.07, 6.45) is 6.71. The average Bonchev–Trinajstić information content (AvgIpc) is 2.05. The van der Waals surface area contributed by atoms with Gasteiger partial charge in [0.05, 0.1) is 5.69 Å². The van der Waals surface area contributed by atoms with Gasteiger partial charge in [0.2, 0.25) is 0 Å². The van der Waals surface area contributed by atoms with Gasteiger partial charge in [0.15, 0.2) is 0 Å². The minimum atomic E-state index is 1.13. The first-order chi connectivity index (χ1) is 4.97. The lowest BCUT2D eigenvalue weighted by Gasteiger charge is -2.11. The zero-order valence-electron chi connectivity index (χ0n) is 5.88. The second-order valence-corrected chi connectivity index (χ2v) is 2.71. The summed E-state index contributed by atoms with van der Waals surface area (Å²) in [5.41, 5.74) is 2.62. The quantitative estimate of drug-likeness (QED) is 0.535. The highest BCUT2D eigenvalue weighted by Gasteiger charge is 2.08. The molecule has 1 aliphatic rings. The van der Waals surface area contributed by atoms with Crippen LogP contribution in [-0.4, -0.2) is 10.2 Å². The summed E-state index contributed by atoms with van der Waals surface area (Å²) in [6.45, 7) is 0. The number of aryl methyl sites for hydroxylation is 2. The van der Waals surface area contributed by atoms with Crippen molar-refractivity contribution in [1.82, 2.24) is 10.2 Å². The van der Waals surface area contributed by atoms with Crippen molar-refractivity contribution in [2.24, 2.45) is 0 Å². The first-order valence-electron chi connectivity index (χ1n) is 3.76. The molecule has 0 spiro atoms. The summed E-state index contributed by atoms with van der Waals surface area (Å²) in [5, 5.41) is 7.92. The summed E-state index contributed by atoms with van der Waals surface area (Å²) in [6, 6.07) is 2.08. The third-order valence-corrected chi connectivity index (χ3v) is 2.00. The molecule has 0 aromatic carbocycles. The van der Waals surface area contributed by atoms with Crippen LogP contribution in [0.2, 0.25) is 0 Å². The molecule has 1 aromatic rings. The summed E-state index contributed by atoms with van der Waals surface area (Å²) < 4.78 is 0. The van der Waals surface area contributed by atoms with Crippen molar-refractivity contribution in [1.29, 1.82) is 0 Å². The van der Waals surface area contributed by atoms with E-state index >= 15 is 0 Å². The molecule has 1 aromatic heterocycles. The van der Waals surface area contributed by atoms with E-state index in [4.69, 9.17) is 0 Å². The Labute approximate surface area is 60.3 Å². The minimum Gasteiger partial charge on any atom is -0.159 e. The molecule has 0 bridgehead atoms. The molecule has 2 heteroatoms. The zero-order valence-corrected chi connectivity index (χ0v) is 5.88. The van der Waals surface area contributed by atoms with Crippen LogP contribution in [0.3, 0.4) is 0 Å². The van der Waals surface area contributed by atoms with Crippen LogP contribution >= 0.6 is 0 Å². The van der Waals surface area contributed by atoms with Gasteiger partial charge in [-0.25, -0.2) is 0 Å². The van der Waals surface area contributed by atoms with E-state index in [1.165, 1.54) is 30.5 Å². The van der Waals surface area contributed by atoms with Gasteiger partial charge in [-0.15, -0.1) is 0 Å². The number of hydrogen-bond acceptors (Lipinski definition) is 2. The van der Waals surface area contributed by atoms with E-state index in [0.717, 1.165) is 6.42 Å². The van der Waals surface area contributed by atoms with Crippen molar-refractivity contribution >= 4 is 0 Å². The van der Waals surface area contributed by atoms with Crippen molar-refractivity contribution < 1.29 is 0 Å². The Morgan fingerprint density at radius 2 is 2.10 bits per heavy atom. The van der Waals surface area contributed by atoms with Crippen LogP contribution in [-0.2, 0) is 12.8 Å². The molecule has 52 valence electrons. The van der Waals surface area contributed by atoms with Gasteiger partial charge in [-0.1, -0.05) is 0 Å². The number of rotatable bonds is 0. The topological polar surface area (TPSA) is 25.8 Å². The lowest BCUT2D eigenvalue weighted by atomic mass is 9.97. The first-order valence-corrected chi connectivity index (χ1v) is 3.76. The van der Waals surface area contributed by atoms with E-state index in [-0.39, 0.29) is 0 Å². The van der Waals surface area contributed by atoms with Crippen molar-refractivity contribution in [3.8, 4) is 0 Å². The summed E-state index contributed by atoms with van der Waals surface area (Å²) in [7, 11) is 0. The Morgan fingerprint density at radius 1 is 1.20 bits per heavy atom. The van der Waals surface area contributed by atoms with Gasteiger partial charge in [0.1, 0.15) is 0 Å². The maximum atomic E-state index is 4.07. The molecule has 2 rings (SSSR count). The van der Waals surface area contributed by atoms with Crippen molar-refractivity contribution in [3.63, 3.8) is 0 Å². The molecular formula is C8H10N2. The molecule has 0 aliphatic heterocycles. The van der Waals surface area contributed by atoms with E-state index in [2.05, 4.69) is 16.3 Å². The van der Waals surface area contributed by atoms with Crippen molar-refractivity contribution in [3.05, 3.63) is 23.5 Å². The summed E-state index contributed by atoms with van der Waals surface area (Å²) >= 11 is 0. The fraction of sp³-hybridized carbons (Fsp3) is 0.500. The van der Waals surface area contributed by atoms with Crippen molar-refractivity contribution in [2.45, 2.75) is 25.7 Å². The van der Waals surface area contributed by atoms with Gasteiger partial charge in [0, 0.05) is 6.20 Å². The molecule has 0 N–H and O–H groups in total. The van der Waals surface area contributed by atoms with Crippen LogP contribution in [0, 0.1) is 0 Å². The SMILES string of the molecule is c1cc2c(nn1)CCCC2. The number of aromatic nitrogens is 2. The number of fused-ring (bicyclic) bond motifs is 1. The highest BCUT2D eigenvalue weighted by atomic mass is 15.1. The molecule has 0 atom stereocenters. The molecule has 0 radical (unpaired) electrons. The van der Waals surface area contributed by atoms with Gasteiger partial charge in [-0.3, -0.25) is 0 Å². The molecule has 10 heavy (non-hydrogen) atoms. The van der Waals surface area contributed by atoms with E-state index < -0.39 is 0 Å². The second kappa shape index (κ2) is 2.37. The highest BCUT2D eigenvalue weighted by Crippen LogP contribution is 2.16. The Hall–Kier alpha value is -0.920. The van der Waals surface area contributed by atoms with E-state index in [9.17, 15) is 0 Å². The Bertz CT molecular complexity index is 207. The lowest BCUT2D eigenvalue weighted by Crippen LogP contribution is -2.05. The second-order valence-electron chi connectivity index (χ2n) is 2.71. The maximum absolute atomic E-state index is 4.07. The smallest absolute Gasteiger partial charge is 0.0663 e. The predicted molar refractivity (Wildman–Crippen MR) is 38.7 cm³/mol. The molecule has 0 saturated carbocycles. The number of nitrogens with zero attached hydrogens (tertiary/aromatic N) is 2. The molecule has 1 aliphatic carbocycles. The fourth-order valence-electron chi connectivity index (χ4n) is 1.43. The normalized spacial score (nSPS) is 16.4. The first kappa shape index (κ1) is 5.83. The van der Waals surface area contributed by atoms with Crippen LogP contribution in [0.4, 0.5) is 0 Å². The zero-order chi connectivity index (χ0) is 6.81. The standard InChI is InChI=1S/C8H10N2/c1-2-4-8-7(3-1)5-6-9-10-8/h5-6H,1-4H2. The Balaban J connectivity index is 2.41. The number of hydrogen-bond donors (Lipinski definition) is 0. The Morgan fingerprint density at radius 3 is 3.00 bits per heavy atom. The monoisotopic (exact) mass is 134 g/mol. The predicted octanol–water partition coefficient (Wildman–Crippen LogP) is 1.36. The lowest BCUT2D eigenvalue weighted by molar-refractivity contribution is 0.654. The van der Waals surface area contributed by atoms with Crippen LogP contribution in [0.15, 0.2) is 12.3 Å². The third kappa shape index (κ3) is 0.897. The Kier molecular flexibility index (Phi) is 1.38. The van der Waals surface area contributed by atoms with Crippen LogP contribution in [0.1, 0.15) is 24.1 Å².